The molecule has 0 aliphatic carbocycles. The van der Waals surface area contributed by atoms with Crippen LogP contribution in [0.1, 0.15) is 12.0 Å². The highest BCUT2D eigenvalue weighted by molar-refractivity contribution is 7.98. The Morgan fingerprint density at radius 3 is 2.68 bits per heavy atom. The summed E-state index contributed by atoms with van der Waals surface area (Å²) in [5.41, 5.74) is 1.72. The van der Waals surface area contributed by atoms with Crippen LogP contribution < -0.4 is 5.32 Å². The molecule has 0 saturated heterocycles. The average molecular weight is 282 g/mol. The largest absolute Gasteiger partial charge is 0.481 e. The van der Waals surface area contributed by atoms with Crippen LogP contribution in [-0.4, -0.2) is 41.9 Å². The van der Waals surface area contributed by atoms with E-state index in [1.54, 1.807) is 18.8 Å². The second kappa shape index (κ2) is 7.04. The molecule has 2 amide bonds. The lowest BCUT2D eigenvalue weighted by molar-refractivity contribution is -0.137. The molecule has 0 saturated carbocycles. The monoisotopic (exact) mass is 282 g/mol. The first kappa shape index (κ1) is 15.4. The number of benzene rings is 1. The quantitative estimate of drug-likeness (QED) is 0.815. The maximum atomic E-state index is 11.9. The number of carbonyl (C=O) groups excluding carboxylic acids is 1. The predicted molar refractivity (Wildman–Crippen MR) is 76.9 cm³/mol. The molecule has 0 aliphatic rings. The molecular weight excluding hydrogens is 264 g/mol. The van der Waals surface area contributed by atoms with Crippen LogP contribution in [0.2, 0.25) is 0 Å². The number of aliphatic carboxylic acids is 1. The minimum absolute atomic E-state index is 0.0618. The summed E-state index contributed by atoms with van der Waals surface area (Å²) < 4.78 is 0. The van der Waals surface area contributed by atoms with E-state index in [0.717, 1.165) is 16.1 Å². The zero-order chi connectivity index (χ0) is 14.4. The topological polar surface area (TPSA) is 69.6 Å². The SMILES string of the molecule is CSc1ccc(C)c(NC(=O)N(C)CCC(=O)O)c1. The first-order valence-corrected chi connectivity index (χ1v) is 7.05. The number of aryl methyl sites for hydroxylation is 1. The van der Waals surface area contributed by atoms with Crippen LogP contribution in [0.15, 0.2) is 23.1 Å². The molecule has 6 heteroatoms. The van der Waals surface area contributed by atoms with E-state index in [4.69, 9.17) is 5.11 Å². The third kappa shape index (κ3) is 4.82. The van der Waals surface area contributed by atoms with Crippen LogP contribution in [0.5, 0.6) is 0 Å². The second-order valence-electron chi connectivity index (χ2n) is 4.18. The number of carbonyl (C=O) groups is 2. The molecule has 1 rings (SSSR count). The predicted octanol–water partition coefficient (Wildman–Crippen LogP) is 2.66. The number of carboxylic acids is 1. The third-order valence-electron chi connectivity index (χ3n) is 2.69. The molecule has 0 fully saturated rings. The lowest BCUT2D eigenvalue weighted by Crippen LogP contribution is -2.33. The minimum Gasteiger partial charge on any atom is -0.481 e. The molecule has 1 aromatic carbocycles. The molecule has 0 radical (unpaired) electrons. The summed E-state index contributed by atoms with van der Waals surface area (Å²) >= 11 is 1.60. The standard InChI is InChI=1S/C13H18N2O3S/c1-9-4-5-10(19-3)8-11(9)14-13(18)15(2)7-6-12(16)17/h4-5,8H,6-7H2,1-3H3,(H,14,18)(H,16,17). The summed E-state index contributed by atoms with van der Waals surface area (Å²) in [4.78, 5) is 24.8. The van der Waals surface area contributed by atoms with Crippen molar-refractivity contribution in [2.24, 2.45) is 0 Å². The van der Waals surface area contributed by atoms with Crippen LogP contribution in [0, 0.1) is 6.92 Å². The summed E-state index contributed by atoms with van der Waals surface area (Å²) in [6.45, 7) is 2.10. The van der Waals surface area contributed by atoms with Gasteiger partial charge in [-0.15, -0.1) is 11.8 Å². The molecule has 0 atom stereocenters. The number of amides is 2. The van der Waals surface area contributed by atoms with Gasteiger partial charge in [-0.1, -0.05) is 6.07 Å². The van der Waals surface area contributed by atoms with Crippen LogP contribution in [0.4, 0.5) is 10.5 Å². The van der Waals surface area contributed by atoms with Crippen molar-refractivity contribution in [2.45, 2.75) is 18.2 Å². The van der Waals surface area contributed by atoms with Gasteiger partial charge in [-0.3, -0.25) is 4.79 Å². The van der Waals surface area contributed by atoms with Gasteiger partial charge in [0.15, 0.2) is 0 Å². The summed E-state index contributed by atoms with van der Waals surface area (Å²) in [5.74, 6) is -0.916. The van der Waals surface area contributed by atoms with Crippen molar-refractivity contribution < 1.29 is 14.7 Å². The number of rotatable bonds is 5. The van der Waals surface area contributed by atoms with Crippen molar-refractivity contribution in [3.05, 3.63) is 23.8 Å². The van der Waals surface area contributed by atoms with Crippen molar-refractivity contribution in [1.29, 1.82) is 0 Å². The molecule has 0 heterocycles. The Morgan fingerprint density at radius 2 is 2.11 bits per heavy atom. The van der Waals surface area contributed by atoms with Crippen molar-refractivity contribution in [3.63, 3.8) is 0 Å². The molecule has 104 valence electrons. The molecule has 0 bridgehead atoms. The zero-order valence-corrected chi connectivity index (χ0v) is 12.1. The Hall–Kier alpha value is -1.69. The van der Waals surface area contributed by atoms with E-state index < -0.39 is 5.97 Å². The minimum atomic E-state index is -0.916. The van der Waals surface area contributed by atoms with E-state index in [9.17, 15) is 9.59 Å². The Morgan fingerprint density at radius 1 is 1.42 bits per heavy atom. The van der Waals surface area contributed by atoms with Crippen LogP contribution in [-0.2, 0) is 4.79 Å². The Kier molecular flexibility index (Phi) is 5.69. The van der Waals surface area contributed by atoms with Crippen molar-refractivity contribution in [1.82, 2.24) is 4.90 Å². The van der Waals surface area contributed by atoms with Gasteiger partial charge in [-0.2, -0.15) is 0 Å². The van der Waals surface area contributed by atoms with Crippen LogP contribution in [0.25, 0.3) is 0 Å². The van der Waals surface area contributed by atoms with E-state index in [0.29, 0.717) is 0 Å². The highest BCUT2D eigenvalue weighted by Gasteiger charge is 2.11. The van der Waals surface area contributed by atoms with E-state index in [2.05, 4.69) is 5.32 Å². The number of hydrogen-bond acceptors (Lipinski definition) is 3. The highest BCUT2D eigenvalue weighted by atomic mass is 32.2. The van der Waals surface area contributed by atoms with Gasteiger partial charge >= 0.3 is 12.0 Å². The molecule has 0 spiro atoms. The van der Waals surface area contributed by atoms with Gasteiger partial charge in [0.1, 0.15) is 0 Å². The van der Waals surface area contributed by atoms with Gasteiger partial charge in [0.25, 0.3) is 0 Å². The number of anilines is 1. The third-order valence-corrected chi connectivity index (χ3v) is 3.42. The highest BCUT2D eigenvalue weighted by Crippen LogP contribution is 2.23. The Balaban J connectivity index is 2.68. The maximum Gasteiger partial charge on any atom is 0.321 e. The molecule has 19 heavy (non-hydrogen) atoms. The summed E-state index contributed by atoms with van der Waals surface area (Å²) in [7, 11) is 1.58. The first-order chi connectivity index (χ1) is 8.93. The smallest absolute Gasteiger partial charge is 0.321 e. The maximum absolute atomic E-state index is 11.9. The van der Waals surface area contributed by atoms with Gasteiger partial charge in [-0.25, -0.2) is 4.79 Å². The molecule has 0 aliphatic heterocycles. The number of hydrogen-bond donors (Lipinski definition) is 2. The second-order valence-corrected chi connectivity index (χ2v) is 5.06. The molecule has 0 unspecified atom stereocenters. The average Bonchev–Trinajstić information content (AvgIpc) is 2.38. The number of urea groups is 1. The fourth-order valence-electron chi connectivity index (χ4n) is 1.44. The lowest BCUT2D eigenvalue weighted by Gasteiger charge is -2.18. The molecule has 1 aromatic rings. The van der Waals surface area contributed by atoms with Crippen molar-refractivity contribution in [2.75, 3.05) is 25.2 Å². The van der Waals surface area contributed by atoms with Crippen LogP contribution >= 0.6 is 11.8 Å². The zero-order valence-electron chi connectivity index (χ0n) is 11.3. The number of nitrogens with zero attached hydrogens (tertiary/aromatic N) is 1. The lowest BCUT2D eigenvalue weighted by atomic mass is 10.2. The molecule has 5 nitrogen and oxygen atoms in total. The fourth-order valence-corrected chi connectivity index (χ4v) is 1.88. The molecular formula is C13H18N2O3S. The van der Waals surface area contributed by atoms with Crippen molar-refractivity contribution >= 4 is 29.4 Å². The van der Waals surface area contributed by atoms with E-state index >= 15 is 0 Å². The van der Waals surface area contributed by atoms with Gasteiger partial charge in [-0.05, 0) is 30.9 Å². The van der Waals surface area contributed by atoms with Gasteiger partial charge in [0.2, 0.25) is 0 Å². The fraction of sp³-hybridized carbons (Fsp3) is 0.385. The first-order valence-electron chi connectivity index (χ1n) is 5.82. The molecule has 0 aromatic heterocycles. The van der Waals surface area contributed by atoms with Gasteiger partial charge < -0.3 is 15.3 Å². The van der Waals surface area contributed by atoms with Gasteiger partial charge in [0, 0.05) is 24.2 Å². The Bertz CT molecular complexity index is 477. The van der Waals surface area contributed by atoms with Crippen molar-refractivity contribution in [3.8, 4) is 0 Å². The number of thioether (sulfide) groups is 1. The normalized spacial score (nSPS) is 10.1. The van der Waals surface area contributed by atoms with Crippen LogP contribution in [0.3, 0.4) is 0 Å². The number of carboxylic acid groups (broad SMARTS) is 1. The van der Waals surface area contributed by atoms with E-state index in [-0.39, 0.29) is 19.0 Å². The Labute approximate surface area is 117 Å². The molecule has 2 N–H and O–H groups in total. The summed E-state index contributed by atoms with van der Waals surface area (Å²) in [5, 5.41) is 11.4. The number of nitrogens with one attached hydrogen (secondary N) is 1. The summed E-state index contributed by atoms with van der Waals surface area (Å²) in [6, 6.07) is 5.54. The summed E-state index contributed by atoms with van der Waals surface area (Å²) in [6.07, 6.45) is 1.91. The van der Waals surface area contributed by atoms with E-state index in [1.807, 2.05) is 31.4 Å². The van der Waals surface area contributed by atoms with Gasteiger partial charge in [0.05, 0.1) is 6.42 Å². The van der Waals surface area contributed by atoms with E-state index in [1.165, 1.54) is 4.90 Å².